The highest BCUT2D eigenvalue weighted by atomic mass is 15.2. The molecule has 0 spiro atoms. The summed E-state index contributed by atoms with van der Waals surface area (Å²) in [5.41, 5.74) is 8.11. The van der Waals surface area contributed by atoms with E-state index in [9.17, 15) is 0 Å². The van der Waals surface area contributed by atoms with Crippen molar-refractivity contribution in [3.05, 3.63) is 18.1 Å². The summed E-state index contributed by atoms with van der Waals surface area (Å²) >= 11 is 0. The zero-order chi connectivity index (χ0) is 13.7. The molecule has 5 heteroatoms. The van der Waals surface area contributed by atoms with Gasteiger partial charge in [-0.05, 0) is 42.7 Å². The van der Waals surface area contributed by atoms with Crippen LogP contribution in [0.1, 0.15) is 18.9 Å². The Balaban J connectivity index is 1.71. The number of aromatic nitrogens is 3. The lowest BCUT2D eigenvalue weighted by atomic mass is 9.67. The van der Waals surface area contributed by atoms with Gasteiger partial charge in [0.05, 0.1) is 5.39 Å². The van der Waals surface area contributed by atoms with Crippen molar-refractivity contribution in [3.8, 4) is 0 Å². The van der Waals surface area contributed by atoms with E-state index in [1.165, 1.54) is 17.4 Å². The van der Waals surface area contributed by atoms with Gasteiger partial charge in [-0.1, -0.05) is 6.92 Å². The molecule has 106 valence electrons. The van der Waals surface area contributed by atoms with Gasteiger partial charge < -0.3 is 15.6 Å². The standard InChI is InChI=1S/C15H21N5/c1-2-9-5-17-14-13(9)15(19-8-18-14)20-6-11-3-10(4-16)12(11)7-20/h5,8,10-12H,2-4,6-7,16H2,1H3,(H,17,18,19)/t10-,11-,12-/m0/s1. The smallest absolute Gasteiger partial charge is 0.143 e. The molecule has 2 aromatic rings. The molecule has 2 aliphatic rings. The predicted molar refractivity (Wildman–Crippen MR) is 79.6 cm³/mol. The number of aromatic amines is 1. The molecule has 4 rings (SSSR count). The summed E-state index contributed by atoms with van der Waals surface area (Å²) in [6.07, 6.45) is 6.04. The fourth-order valence-electron chi connectivity index (χ4n) is 4.02. The molecule has 3 heterocycles. The quantitative estimate of drug-likeness (QED) is 0.888. The number of rotatable bonds is 3. The van der Waals surface area contributed by atoms with Gasteiger partial charge in [-0.3, -0.25) is 0 Å². The first kappa shape index (κ1) is 12.1. The number of nitrogens with one attached hydrogen (secondary N) is 1. The van der Waals surface area contributed by atoms with Crippen LogP contribution in [-0.2, 0) is 6.42 Å². The molecular weight excluding hydrogens is 250 g/mol. The van der Waals surface area contributed by atoms with Gasteiger partial charge in [0.2, 0.25) is 0 Å². The molecule has 20 heavy (non-hydrogen) atoms. The van der Waals surface area contributed by atoms with E-state index >= 15 is 0 Å². The zero-order valence-electron chi connectivity index (χ0n) is 11.8. The van der Waals surface area contributed by atoms with Gasteiger partial charge in [-0.2, -0.15) is 0 Å². The van der Waals surface area contributed by atoms with Gasteiger partial charge in [0.25, 0.3) is 0 Å². The zero-order valence-corrected chi connectivity index (χ0v) is 11.8. The van der Waals surface area contributed by atoms with Crippen molar-refractivity contribution in [2.75, 3.05) is 24.5 Å². The van der Waals surface area contributed by atoms with E-state index in [0.717, 1.165) is 55.3 Å². The van der Waals surface area contributed by atoms with E-state index in [1.807, 2.05) is 0 Å². The number of nitrogens with zero attached hydrogens (tertiary/aromatic N) is 3. The minimum atomic E-state index is 0.721. The molecule has 3 atom stereocenters. The van der Waals surface area contributed by atoms with Crippen LogP contribution in [-0.4, -0.2) is 34.6 Å². The Bertz CT molecular complexity index is 634. The summed E-state index contributed by atoms with van der Waals surface area (Å²) in [4.78, 5) is 14.6. The second kappa shape index (κ2) is 4.45. The summed E-state index contributed by atoms with van der Waals surface area (Å²) in [7, 11) is 0. The summed E-state index contributed by atoms with van der Waals surface area (Å²) < 4.78 is 0. The SMILES string of the molecule is CCc1c[nH]c2ncnc(N3C[C@@H]4C[C@@H](CN)[C@@H]4C3)c12. The van der Waals surface area contributed by atoms with E-state index in [4.69, 9.17) is 5.73 Å². The maximum atomic E-state index is 5.84. The monoisotopic (exact) mass is 271 g/mol. The number of hydrogen-bond donors (Lipinski definition) is 2. The molecule has 5 nitrogen and oxygen atoms in total. The van der Waals surface area contributed by atoms with Crippen molar-refractivity contribution >= 4 is 16.9 Å². The average Bonchev–Trinajstić information content (AvgIpc) is 3.02. The Hall–Kier alpha value is -1.62. The highest BCUT2D eigenvalue weighted by Crippen LogP contribution is 2.46. The Morgan fingerprint density at radius 2 is 2.30 bits per heavy atom. The third-order valence-electron chi connectivity index (χ3n) is 5.22. The van der Waals surface area contributed by atoms with Gasteiger partial charge in [0.15, 0.2) is 0 Å². The fraction of sp³-hybridized carbons (Fsp3) is 0.600. The van der Waals surface area contributed by atoms with E-state index in [0.29, 0.717) is 0 Å². The normalized spacial score (nSPS) is 28.7. The van der Waals surface area contributed by atoms with Crippen molar-refractivity contribution in [1.29, 1.82) is 0 Å². The van der Waals surface area contributed by atoms with Crippen LogP contribution in [0, 0.1) is 17.8 Å². The van der Waals surface area contributed by atoms with Crippen LogP contribution in [0.4, 0.5) is 5.82 Å². The Labute approximate surface area is 118 Å². The minimum Gasteiger partial charge on any atom is -0.355 e. The highest BCUT2D eigenvalue weighted by Gasteiger charge is 2.46. The van der Waals surface area contributed by atoms with Crippen molar-refractivity contribution in [2.24, 2.45) is 23.5 Å². The van der Waals surface area contributed by atoms with Gasteiger partial charge >= 0.3 is 0 Å². The average molecular weight is 271 g/mol. The molecule has 0 aromatic carbocycles. The minimum absolute atomic E-state index is 0.721. The van der Waals surface area contributed by atoms with Gasteiger partial charge in [0, 0.05) is 19.3 Å². The van der Waals surface area contributed by atoms with Crippen LogP contribution in [0.3, 0.4) is 0 Å². The lowest BCUT2D eigenvalue weighted by Crippen LogP contribution is -2.39. The molecule has 1 aliphatic heterocycles. The van der Waals surface area contributed by atoms with Crippen molar-refractivity contribution in [2.45, 2.75) is 19.8 Å². The Morgan fingerprint density at radius 1 is 1.40 bits per heavy atom. The van der Waals surface area contributed by atoms with Crippen molar-refractivity contribution < 1.29 is 0 Å². The lowest BCUT2D eigenvalue weighted by molar-refractivity contribution is 0.129. The van der Waals surface area contributed by atoms with Crippen LogP contribution in [0.5, 0.6) is 0 Å². The third-order valence-corrected chi connectivity index (χ3v) is 5.22. The largest absolute Gasteiger partial charge is 0.355 e. The molecule has 1 saturated carbocycles. The fourth-order valence-corrected chi connectivity index (χ4v) is 4.02. The van der Waals surface area contributed by atoms with Crippen LogP contribution >= 0.6 is 0 Å². The van der Waals surface area contributed by atoms with Crippen molar-refractivity contribution in [3.63, 3.8) is 0 Å². The number of hydrogen-bond acceptors (Lipinski definition) is 4. The lowest BCUT2D eigenvalue weighted by Gasteiger charge is -2.38. The maximum Gasteiger partial charge on any atom is 0.143 e. The van der Waals surface area contributed by atoms with Crippen LogP contribution in [0.2, 0.25) is 0 Å². The summed E-state index contributed by atoms with van der Waals surface area (Å²) in [6.45, 7) is 5.24. The third kappa shape index (κ3) is 1.59. The molecule has 0 radical (unpaired) electrons. The molecule has 2 aromatic heterocycles. The number of H-pyrrole nitrogens is 1. The molecular formula is C15H21N5. The number of anilines is 1. The summed E-state index contributed by atoms with van der Waals surface area (Å²) in [6, 6.07) is 0. The summed E-state index contributed by atoms with van der Waals surface area (Å²) in [5, 5.41) is 1.21. The Morgan fingerprint density at radius 3 is 3.10 bits per heavy atom. The maximum absolute atomic E-state index is 5.84. The second-order valence-electron chi connectivity index (χ2n) is 6.15. The van der Waals surface area contributed by atoms with E-state index in [2.05, 4.69) is 33.0 Å². The predicted octanol–water partition coefficient (Wildman–Crippen LogP) is 1.55. The van der Waals surface area contributed by atoms with E-state index < -0.39 is 0 Å². The summed E-state index contributed by atoms with van der Waals surface area (Å²) in [5.74, 6) is 3.42. The molecule has 0 bridgehead atoms. The first-order valence-electron chi connectivity index (χ1n) is 7.57. The number of fused-ring (bicyclic) bond motifs is 2. The molecule has 0 unspecified atom stereocenters. The van der Waals surface area contributed by atoms with Crippen molar-refractivity contribution in [1.82, 2.24) is 15.0 Å². The second-order valence-corrected chi connectivity index (χ2v) is 6.15. The van der Waals surface area contributed by atoms with Crippen LogP contribution in [0.15, 0.2) is 12.5 Å². The van der Waals surface area contributed by atoms with Gasteiger partial charge in [0.1, 0.15) is 17.8 Å². The molecule has 0 amide bonds. The molecule has 1 saturated heterocycles. The first-order valence-corrected chi connectivity index (χ1v) is 7.57. The molecule has 1 aliphatic carbocycles. The van der Waals surface area contributed by atoms with Crippen LogP contribution in [0.25, 0.3) is 11.0 Å². The van der Waals surface area contributed by atoms with E-state index in [1.54, 1.807) is 6.33 Å². The van der Waals surface area contributed by atoms with Gasteiger partial charge in [-0.15, -0.1) is 0 Å². The van der Waals surface area contributed by atoms with Gasteiger partial charge in [-0.25, -0.2) is 9.97 Å². The topological polar surface area (TPSA) is 70.8 Å². The van der Waals surface area contributed by atoms with Crippen LogP contribution < -0.4 is 10.6 Å². The number of nitrogens with two attached hydrogens (primary N) is 1. The molecule has 3 N–H and O–H groups in total. The molecule has 2 fully saturated rings. The number of aryl methyl sites for hydroxylation is 1. The Kier molecular flexibility index (Phi) is 2.70. The first-order chi connectivity index (χ1) is 9.81. The van der Waals surface area contributed by atoms with E-state index in [-0.39, 0.29) is 0 Å². The highest BCUT2D eigenvalue weighted by molar-refractivity contribution is 5.91.